The van der Waals surface area contributed by atoms with Gasteiger partial charge in [-0.05, 0) is 93.4 Å². The number of likely N-dealkylation sites (tertiary alicyclic amines) is 1. The summed E-state index contributed by atoms with van der Waals surface area (Å²) < 4.78 is 52.1. The first-order valence-corrected chi connectivity index (χ1v) is 16.5. The molecule has 0 aliphatic carbocycles. The van der Waals surface area contributed by atoms with Gasteiger partial charge in [0.1, 0.15) is 22.6 Å². The molecule has 0 bridgehead atoms. The highest BCUT2D eigenvalue weighted by Crippen LogP contribution is 2.29. The van der Waals surface area contributed by atoms with Gasteiger partial charge in [-0.15, -0.1) is 0 Å². The summed E-state index contributed by atoms with van der Waals surface area (Å²) in [5, 5.41) is 2.77. The van der Waals surface area contributed by atoms with Crippen LogP contribution in [-0.2, 0) is 31.3 Å². The molecule has 0 radical (unpaired) electrons. The van der Waals surface area contributed by atoms with Crippen molar-refractivity contribution in [2.45, 2.75) is 104 Å². The lowest BCUT2D eigenvalue weighted by Crippen LogP contribution is -2.44. The van der Waals surface area contributed by atoms with Crippen LogP contribution in [0.15, 0.2) is 42.5 Å². The van der Waals surface area contributed by atoms with Gasteiger partial charge >= 0.3 is 18.3 Å². The number of nitrogens with one attached hydrogen (secondary N) is 1. The normalized spacial score (nSPS) is 17.1. The van der Waals surface area contributed by atoms with Crippen LogP contribution in [0.25, 0.3) is 0 Å². The zero-order valence-electron chi connectivity index (χ0n) is 30.4. The molecular formula is C36H52F2N4O7. The maximum absolute atomic E-state index is 14.6. The Kier molecular flexibility index (Phi) is 12.8. The Bertz CT molecular complexity index is 1410. The number of pyridine rings is 1. The number of carbonyl (C=O) groups is 3. The number of carbonyl (C=O) groups excluding carboxylic acids is 3. The van der Waals surface area contributed by atoms with E-state index < -0.39 is 53.7 Å². The lowest BCUT2D eigenvalue weighted by molar-refractivity contribution is -0.00894. The number of aromatic nitrogens is 1. The van der Waals surface area contributed by atoms with Crippen LogP contribution in [0.2, 0.25) is 0 Å². The van der Waals surface area contributed by atoms with Crippen molar-refractivity contribution in [1.29, 1.82) is 0 Å². The van der Waals surface area contributed by atoms with Gasteiger partial charge in [0.2, 0.25) is 0 Å². The van der Waals surface area contributed by atoms with Crippen molar-refractivity contribution in [1.82, 2.24) is 15.2 Å². The molecule has 2 aromatic rings. The van der Waals surface area contributed by atoms with Crippen LogP contribution in [0.5, 0.6) is 0 Å². The van der Waals surface area contributed by atoms with E-state index in [-0.39, 0.29) is 43.5 Å². The molecule has 0 saturated carbocycles. The van der Waals surface area contributed by atoms with E-state index in [0.717, 1.165) is 10.5 Å². The standard InChI is InChI=1S/C36H52F2N4O7/c1-24-18-27(40-29(19-24)42(31(44)48-34(5,6)7)32(45)49-35(8,9)10)20-25-21-41(30(43)47-33(2,3)4)22-28(25)46-17-16-39-23-36(37,38)26-14-12-11-13-15-26/h11-15,18-19,25,28,39H,16-17,20-23H2,1-10H3/t25-,28+/m1/s1. The number of aryl methyl sites for hydroxylation is 1. The molecule has 1 aliphatic rings. The summed E-state index contributed by atoms with van der Waals surface area (Å²) in [6, 6.07) is 11.0. The second kappa shape index (κ2) is 15.8. The number of ether oxygens (including phenoxy) is 4. The Morgan fingerprint density at radius 1 is 0.878 bits per heavy atom. The number of benzene rings is 1. The molecule has 1 fully saturated rings. The molecule has 11 nitrogen and oxygen atoms in total. The second-order valence-electron chi connectivity index (χ2n) is 15.3. The Morgan fingerprint density at radius 2 is 1.45 bits per heavy atom. The molecule has 1 aromatic carbocycles. The SMILES string of the molecule is Cc1cc(C[C@@H]2CN(C(=O)OC(C)(C)C)C[C@@H]2OCCNCC(F)(F)c2ccccc2)nc(N(C(=O)OC(C)(C)C)C(=O)OC(C)(C)C)c1. The number of hydrogen-bond donors (Lipinski definition) is 1. The number of hydrogen-bond acceptors (Lipinski definition) is 9. The molecule has 1 saturated heterocycles. The summed E-state index contributed by atoms with van der Waals surface area (Å²) in [6.45, 7) is 17.5. The quantitative estimate of drug-likeness (QED) is 0.203. The fourth-order valence-corrected chi connectivity index (χ4v) is 5.10. The van der Waals surface area contributed by atoms with E-state index in [1.54, 1.807) is 91.5 Å². The van der Waals surface area contributed by atoms with Crippen LogP contribution in [-0.4, -0.2) is 83.9 Å². The summed E-state index contributed by atoms with van der Waals surface area (Å²) in [7, 11) is 0. The third-order valence-corrected chi connectivity index (χ3v) is 7.05. The third kappa shape index (κ3) is 12.8. The predicted octanol–water partition coefficient (Wildman–Crippen LogP) is 7.24. The van der Waals surface area contributed by atoms with Gasteiger partial charge in [0.05, 0.1) is 25.8 Å². The zero-order valence-corrected chi connectivity index (χ0v) is 30.4. The van der Waals surface area contributed by atoms with Crippen molar-refractivity contribution in [3.8, 4) is 0 Å². The fraction of sp³-hybridized carbons (Fsp3) is 0.611. The maximum Gasteiger partial charge on any atom is 0.425 e. The van der Waals surface area contributed by atoms with E-state index in [4.69, 9.17) is 18.9 Å². The van der Waals surface area contributed by atoms with Crippen molar-refractivity contribution < 1.29 is 42.1 Å². The Balaban J connectivity index is 1.81. The second-order valence-corrected chi connectivity index (χ2v) is 15.3. The topological polar surface area (TPSA) is 120 Å². The molecule has 2 atom stereocenters. The number of anilines is 1. The van der Waals surface area contributed by atoms with Crippen LogP contribution < -0.4 is 10.2 Å². The molecule has 3 amide bonds. The molecule has 3 rings (SSSR count). The first-order chi connectivity index (χ1) is 22.5. The van der Waals surface area contributed by atoms with Gasteiger partial charge in [-0.25, -0.2) is 19.4 Å². The van der Waals surface area contributed by atoms with Crippen molar-refractivity contribution in [2.75, 3.05) is 37.7 Å². The summed E-state index contributed by atoms with van der Waals surface area (Å²) >= 11 is 0. The van der Waals surface area contributed by atoms with Crippen LogP contribution in [0.3, 0.4) is 0 Å². The Hall–Kier alpha value is -3.84. The molecule has 1 aliphatic heterocycles. The predicted molar refractivity (Wildman–Crippen MR) is 182 cm³/mol. The molecular weight excluding hydrogens is 638 g/mol. The molecule has 0 spiro atoms. The number of amides is 3. The van der Waals surface area contributed by atoms with Gasteiger partial charge in [0, 0.05) is 30.3 Å². The highest BCUT2D eigenvalue weighted by molar-refractivity contribution is 6.08. The summed E-state index contributed by atoms with van der Waals surface area (Å²) in [6.07, 6.45) is -2.52. The van der Waals surface area contributed by atoms with Gasteiger partial charge in [0.25, 0.3) is 5.92 Å². The molecule has 1 aromatic heterocycles. The van der Waals surface area contributed by atoms with E-state index in [0.29, 0.717) is 12.1 Å². The molecule has 0 unspecified atom stereocenters. The largest absolute Gasteiger partial charge is 0.444 e. The number of imide groups is 1. The first-order valence-electron chi connectivity index (χ1n) is 16.5. The molecule has 49 heavy (non-hydrogen) atoms. The van der Waals surface area contributed by atoms with Crippen LogP contribution >= 0.6 is 0 Å². The zero-order chi connectivity index (χ0) is 36.8. The van der Waals surface area contributed by atoms with E-state index >= 15 is 0 Å². The minimum atomic E-state index is -3.05. The van der Waals surface area contributed by atoms with Crippen molar-refractivity contribution in [3.05, 3.63) is 59.3 Å². The fourth-order valence-electron chi connectivity index (χ4n) is 5.10. The van der Waals surface area contributed by atoms with E-state index in [9.17, 15) is 23.2 Å². The van der Waals surface area contributed by atoms with Gasteiger partial charge in [-0.1, -0.05) is 30.3 Å². The Labute approximate surface area is 288 Å². The summed E-state index contributed by atoms with van der Waals surface area (Å²) in [5.41, 5.74) is -1.31. The average Bonchev–Trinajstić information content (AvgIpc) is 3.32. The van der Waals surface area contributed by atoms with Crippen LogP contribution in [0, 0.1) is 12.8 Å². The summed E-state index contributed by atoms with van der Waals surface area (Å²) in [5.74, 6) is -3.29. The van der Waals surface area contributed by atoms with E-state index in [1.165, 1.54) is 12.1 Å². The van der Waals surface area contributed by atoms with Gasteiger partial charge in [-0.3, -0.25) is 0 Å². The van der Waals surface area contributed by atoms with Gasteiger partial charge in [-0.2, -0.15) is 13.7 Å². The highest BCUT2D eigenvalue weighted by Gasteiger charge is 2.39. The van der Waals surface area contributed by atoms with Gasteiger partial charge in [0.15, 0.2) is 0 Å². The lowest BCUT2D eigenvalue weighted by atomic mass is 9.98. The molecule has 1 N–H and O–H groups in total. The van der Waals surface area contributed by atoms with Crippen molar-refractivity contribution in [2.24, 2.45) is 5.92 Å². The van der Waals surface area contributed by atoms with Crippen LogP contribution in [0.4, 0.5) is 29.0 Å². The molecule has 2 heterocycles. The monoisotopic (exact) mass is 690 g/mol. The maximum atomic E-state index is 14.6. The first kappa shape index (κ1) is 39.6. The summed E-state index contributed by atoms with van der Waals surface area (Å²) in [4.78, 5) is 46.6. The van der Waals surface area contributed by atoms with E-state index in [2.05, 4.69) is 10.3 Å². The minimum Gasteiger partial charge on any atom is -0.444 e. The van der Waals surface area contributed by atoms with Crippen molar-refractivity contribution in [3.63, 3.8) is 0 Å². The molecule has 13 heteroatoms. The average molecular weight is 691 g/mol. The smallest absolute Gasteiger partial charge is 0.425 e. The number of halogens is 2. The number of alkyl halides is 2. The van der Waals surface area contributed by atoms with E-state index in [1.807, 2.05) is 13.0 Å². The van der Waals surface area contributed by atoms with Crippen molar-refractivity contribution >= 4 is 24.1 Å². The number of rotatable bonds is 10. The van der Waals surface area contributed by atoms with Gasteiger partial charge < -0.3 is 29.2 Å². The lowest BCUT2D eigenvalue weighted by Gasteiger charge is -2.28. The highest BCUT2D eigenvalue weighted by atomic mass is 19.3. The minimum absolute atomic E-state index is 0.0292. The molecule has 272 valence electrons. The third-order valence-electron chi connectivity index (χ3n) is 7.05. The Morgan fingerprint density at radius 3 is 2.00 bits per heavy atom. The van der Waals surface area contributed by atoms with Crippen LogP contribution in [0.1, 0.15) is 79.1 Å². The number of nitrogens with zero attached hydrogens (tertiary/aromatic N) is 3.